The lowest BCUT2D eigenvalue weighted by Gasteiger charge is -2.22. The number of halogens is 1. The maximum atomic E-state index is 13.1. The average Bonchev–Trinajstić information content (AvgIpc) is 2.69. The summed E-state index contributed by atoms with van der Waals surface area (Å²) in [6.45, 7) is 4.80. The molecule has 0 saturated heterocycles. The molecular weight excluding hydrogens is 391 g/mol. The number of aryl methyl sites for hydroxylation is 2. The van der Waals surface area contributed by atoms with E-state index in [-0.39, 0.29) is 18.9 Å². The van der Waals surface area contributed by atoms with Crippen molar-refractivity contribution in [3.8, 4) is 0 Å². The summed E-state index contributed by atoms with van der Waals surface area (Å²) in [6, 6.07) is 11.6. The van der Waals surface area contributed by atoms with E-state index in [1.807, 2.05) is 0 Å². The van der Waals surface area contributed by atoms with E-state index in [1.54, 1.807) is 0 Å². The van der Waals surface area contributed by atoms with Crippen molar-refractivity contribution in [2.45, 2.75) is 46.1 Å². The molecule has 7 heteroatoms. The van der Waals surface area contributed by atoms with E-state index < -0.39 is 15.8 Å². The Morgan fingerprint density at radius 3 is 2.31 bits per heavy atom. The number of rotatable bonds is 10. The van der Waals surface area contributed by atoms with Crippen molar-refractivity contribution in [2.75, 3.05) is 17.1 Å². The molecule has 0 atom stereocenters. The lowest BCUT2D eigenvalue weighted by atomic mass is 10.0. The van der Waals surface area contributed by atoms with Crippen molar-refractivity contribution in [1.29, 1.82) is 0 Å². The molecule has 0 fully saturated rings. The van der Waals surface area contributed by atoms with Crippen molar-refractivity contribution >= 4 is 21.6 Å². The van der Waals surface area contributed by atoms with Crippen LogP contribution in [0.4, 0.5) is 10.1 Å². The number of nitrogens with one attached hydrogen (secondary N) is 1. The Morgan fingerprint density at radius 1 is 1.03 bits per heavy atom. The van der Waals surface area contributed by atoms with Gasteiger partial charge in [-0.3, -0.25) is 9.10 Å². The minimum Gasteiger partial charge on any atom is -0.352 e. The SMILES string of the molecule is CCc1ccc(CC)c(CNC(=O)CCCN(c2ccc(F)cc2)S(C)(=O)=O)c1. The normalized spacial score (nSPS) is 11.3. The third-order valence-corrected chi connectivity index (χ3v) is 6.01. The third kappa shape index (κ3) is 6.85. The van der Waals surface area contributed by atoms with Crippen LogP contribution in [0.15, 0.2) is 42.5 Å². The van der Waals surface area contributed by atoms with Crippen LogP contribution in [0.25, 0.3) is 0 Å². The number of nitrogens with zero attached hydrogens (tertiary/aromatic N) is 1. The van der Waals surface area contributed by atoms with Gasteiger partial charge in [0, 0.05) is 19.5 Å². The topological polar surface area (TPSA) is 66.5 Å². The number of sulfonamides is 1. The van der Waals surface area contributed by atoms with Crippen LogP contribution in [0.3, 0.4) is 0 Å². The van der Waals surface area contributed by atoms with Gasteiger partial charge in [-0.1, -0.05) is 32.0 Å². The quantitative estimate of drug-likeness (QED) is 0.636. The summed E-state index contributed by atoms with van der Waals surface area (Å²) in [5.41, 5.74) is 3.94. The Labute approximate surface area is 173 Å². The molecule has 1 N–H and O–H groups in total. The van der Waals surface area contributed by atoms with Crippen molar-refractivity contribution in [1.82, 2.24) is 5.32 Å². The van der Waals surface area contributed by atoms with Crippen molar-refractivity contribution in [3.63, 3.8) is 0 Å². The van der Waals surface area contributed by atoms with Crippen LogP contribution in [0.2, 0.25) is 0 Å². The molecule has 0 spiro atoms. The first-order valence-corrected chi connectivity index (χ1v) is 11.7. The van der Waals surface area contributed by atoms with Crippen LogP contribution in [0.5, 0.6) is 0 Å². The zero-order chi connectivity index (χ0) is 21.4. The molecule has 0 aliphatic heterocycles. The van der Waals surface area contributed by atoms with Crippen molar-refractivity contribution < 1.29 is 17.6 Å². The fourth-order valence-electron chi connectivity index (χ4n) is 3.17. The van der Waals surface area contributed by atoms with Gasteiger partial charge in [-0.05, 0) is 60.2 Å². The predicted molar refractivity (Wildman–Crippen MR) is 115 cm³/mol. The first-order chi connectivity index (χ1) is 13.7. The van der Waals surface area contributed by atoms with Crippen LogP contribution in [-0.4, -0.2) is 27.1 Å². The molecule has 2 aromatic rings. The highest BCUT2D eigenvalue weighted by Gasteiger charge is 2.17. The van der Waals surface area contributed by atoms with E-state index >= 15 is 0 Å². The number of hydrogen-bond acceptors (Lipinski definition) is 3. The Hall–Kier alpha value is -2.41. The molecule has 0 unspecified atom stereocenters. The Morgan fingerprint density at radius 2 is 1.72 bits per heavy atom. The number of carbonyl (C=O) groups is 1. The van der Waals surface area contributed by atoms with Gasteiger partial charge in [-0.2, -0.15) is 0 Å². The van der Waals surface area contributed by atoms with Crippen molar-refractivity contribution in [2.24, 2.45) is 0 Å². The van der Waals surface area contributed by atoms with Crippen LogP contribution in [-0.2, 0) is 34.2 Å². The second-order valence-corrected chi connectivity index (χ2v) is 8.91. The van der Waals surface area contributed by atoms with Gasteiger partial charge < -0.3 is 5.32 Å². The van der Waals surface area contributed by atoms with Crippen LogP contribution in [0, 0.1) is 5.82 Å². The van der Waals surface area contributed by atoms with Gasteiger partial charge in [-0.15, -0.1) is 0 Å². The van der Waals surface area contributed by atoms with Crippen LogP contribution in [0.1, 0.15) is 43.4 Å². The van der Waals surface area contributed by atoms with E-state index in [4.69, 9.17) is 0 Å². The molecule has 1 amide bonds. The summed E-state index contributed by atoms with van der Waals surface area (Å²) in [7, 11) is -3.52. The smallest absolute Gasteiger partial charge is 0.232 e. The molecule has 0 saturated carbocycles. The highest BCUT2D eigenvalue weighted by molar-refractivity contribution is 7.92. The molecule has 0 aliphatic carbocycles. The maximum absolute atomic E-state index is 13.1. The average molecular weight is 421 g/mol. The summed E-state index contributed by atoms with van der Waals surface area (Å²) >= 11 is 0. The lowest BCUT2D eigenvalue weighted by Crippen LogP contribution is -2.32. The largest absolute Gasteiger partial charge is 0.352 e. The van der Waals surface area contributed by atoms with Gasteiger partial charge in [0.05, 0.1) is 11.9 Å². The fraction of sp³-hybridized carbons (Fsp3) is 0.409. The monoisotopic (exact) mass is 420 g/mol. The van der Waals surface area contributed by atoms with Gasteiger partial charge in [-0.25, -0.2) is 12.8 Å². The minimum atomic E-state index is -3.52. The van der Waals surface area contributed by atoms with E-state index in [9.17, 15) is 17.6 Å². The minimum absolute atomic E-state index is 0.124. The van der Waals surface area contributed by atoms with E-state index in [1.165, 1.54) is 39.7 Å². The Kier molecular flexibility index (Phi) is 8.20. The first-order valence-electron chi connectivity index (χ1n) is 9.85. The molecule has 158 valence electrons. The second kappa shape index (κ2) is 10.4. The summed E-state index contributed by atoms with van der Waals surface area (Å²) in [6.07, 6.45) is 3.52. The number of amides is 1. The molecule has 0 bridgehead atoms. The highest BCUT2D eigenvalue weighted by Crippen LogP contribution is 2.19. The standard InChI is InChI=1S/C22H29FN2O3S/c1-4-17-8-9-18(5-2)19(15-17)16-24-22(26)7-6-14-25(29(3,27)28)21-12-10-20(23)11-13-21/h8-13,15H,4-7,14,16H2,1-3H3,(H,24,26). The van der Waals surface area contributed by atoms with Gasteiger partial charge >= 0.3 is 0 Å². The molecule has 0 heterocycles. The van der Waals surface area contributed by atoms with E-state index in [0.29, 0.717) is 18.7 Å². The number of anilines is 1. The second-order valence-electron chi connectivity index (χ2n) is 7.00. The molecule has 2 aromatic carbocycles. The predicted octanol–water partition coefficient (Wildman–Crippen LogP) is 3.81. The molecule has 2 rings (SSSR count). The van der Waals surface area contributed by atoms with Crippen LogP contribution < -0.4 is 9.62 Å². The summed E-state index contributed by atoms with van der Waals surface area (Å²) < 4.78 is 38.4. The Balaban J connectivity index is 1.92. The molecule has 29 heavy (non-hydrogen) atoms. The lowest BCUT2D eigenvalue weighted by molar-refractivity contribution is -0.121. The number of carbonyl (C=O) groups excluding carboxylic acids is 1. The van der Waals surface area contributed by atoms with E-state index in [0.717, 1.165) is 24.7 Å². The molecule has 0 radical (unpaired) electrons. The molecule has 5 nitrogen and oxygen atoms in total. The number of benzene rings is 2. The molecule has 0 aromatic heterocycles. The number of hydrogen-bond donors (Lipinski definition) is 1. The summed E-state index contributed by atoms with van der Waals surface area (Å²) in [4.78, 5) is 12.3. The highest BCUT2D eigenvalue weighted by atomic mass is 32.2. The summed E-state index contributed by atoms with van der Waals surface area (Å²) in [5.74, 6) is -0.554. The maximum Gasteiger partial charge on any atom is 0.232 e. The Bertz CT molecular complexity index is 928. The van der Waals surface area contributed by atoms with Crippen molar-refractivity contribution in [3.05, 3.63) is 65.0 Å². The third-order valence-electron chi connectivity index (χ3n) is 4.82. The zero-order valence-corrected chi connectivity index (χ0v) is 18.1. The van der Waals surface area contributed by atoms with Gasteiger partial charge in [0.1, 0.15) is 5.82 Å². The van der Waals surface area contributed by atoms with Gasteiger partial charge in [0.15, 0.2) is 0 Å². The molecule has 0 aliphatic rings. The zero-order valence-electron chi connectivity index (χ0n) is 17.2. The van der Waals surface area contributed by atoms with Gasteiger partial charge in [0.25, 0.3) is 0 Å². The summed E-state index contributed by atoms with van der Waals surface area (Å²) in [5, 5.41) is 2.93. The van der Waals surface area contributed by atoms with Gasteiger partial charge in [0.2, 0.25) is 15.9 Å². The first kappa shape index (κ1) is 22.9. The van der Waals surface area contributed by atoms with Crippen LogP contribution >= 0.6 is 0 Å². The fourth-order valence-corrected chi connectivity index (χ4v) is 4.13. The van der Waals surface area contributed by atoms with E-state index in [2.05, 4.69) is 37.4 Å². The molecular formula is C22H29FN2O3S.